The molecule has 0 aliphatic heterocycles. The van der Waals surface area contributed by atoms with Crippen molar-refractivity contribution in [2.24, 2.45) is 0 Å². The van der Waals surface area contributed by atoms with Gasteiger partial charge in [-0.3, -0.25) is 0 Å². The van der Waals surface area contributed by atoms with Gasteiger partial charge in [0.25, 0.3) is 0 Å². The fourth-order valence-electron chi connectivity index (χ4n) is 1.22. The second-order valence-electron chi connectivity index (χ2n) is 3.17. The van der Waals surface area contributed by atoms with Crippen molar-refractivity contribution in [3.05, 3.63) is 29.3 Å². The summed E-state index contributed by atoms with van der Waals surface area (Å²) in [5.74, 6) is -0.377. The van der Waals surface area contributed by atoms with Gasteiger partial charge >= 0.3 is 6.18 Å². The molecule has 0 atom stereocenters. The van der Waals surface area contributed by atoms with E-state index in [1.807, 2.05) is 0 Å². The molecule has 0 bridgehead atoms. The van der Waals surface area contributed by atoms with Gasteiger partial charge < -0.3 is 10.2 Å². The molecule has 0 saturated heterocycles. The molecule has 0 heterocycles. The van der Waals surface area contributed by atoms with Gasteiger partial charge in [-0.25, -0.2) is 0 Å². The number of hydrogen-bond acceptors (Lipinski definition) is 2. The second kappa shape index (κ2) is 4.53. The number of aryl methyl sites for hydroxylation is 1. The predicted molar refractivity (Wildman–Crippen MR) is 48.5 cm³/mol. The Morgan fingerprint density at radius 1 is 1.20 bits per heavy atom. The maximum atomic E-state index is 12.2. The third-order valence-electron chi connectivity index (χ3n) is 2.02. The van der Waals surface area contributed by atoms with Crippen molar-refractivity contribution in [3.63, 3.8) is 0 Å². The Morgan fingerprint density at radius 3 is 2.33 bits per heavy atom. The lowest BCUT2D eigenvalue weighted by Gasteiger charge is -2.09. The largest absolute Gasteiger partial charge is 0.508 e. The molecule has 1 rings (SSSR count). The molecule has 5 heteroatoms. The van der Waals surface area contributed by atoms with Crippen LogP contribution in [0.5, 0.6) is 5.75 Å². The van der Waals surface area contributed by atoms with Gasteiger partial charge in [0, 0.05) is 6.61 Å². The van der Waals surface area contributed by atoms with Crippen molar-refractivity contribution in [2.45, 2.75) is 19.0 Å². The fourth-order valence-corrected chi connectivity index (χ4v) is 1.22. The fraction of sp³-hybridized carbons (Fsp3) is 0.400. The average Bonchev–Trinajstić information content (AvgIpc) is 2.14. The highest BCUT2D eigenvalue weighted by Gasteiger charge is 2.30. The first-order chi connectivity index (χ1) is 6.95. The van der Waals surface area contributed by atoms with Crippen molar-refractivity contribution in [1.82, 2.24) is 0 Å². The van der Waals surface area contributed by atoms with Crippen LogP contribution in [-0.4, -0.2) is 16.8 Å². The molecule has 1 aromatic carbocycles. The number of rotatable bonds is 3. The molecule has 0 spiro atoms. The Balaban J connectivity index is 2.88. The number of phenols is 1. The number of benzene rings is 1. The summed E-state index contributed by atoms with van der Waals surface area (Å²) in [6.45, 7) is -0.0551. The minimum Gasteiger partial charge on any atom is -0.508 e. The summed E-state index contributed by atoms with van der Waals surface area (Å²) in [6.07, 6.45) is -3.66. The van der Waals surface area contributed by atoms with E-state index in [4.69, 9.17) is 5.11 Å². The van der Waals surface area contributed by atoms with Crippen molar-refractivity contribution < 1.29 is 23.4 Å². The lowest BCUT2D eigenvalue weighted by Crippen LogP contribution is -2.04. The normalized spacial score (nSPS) is 11.7. The Bertz CT molecular complexity index is 334. The summed E-state index contributed by atoms with van der Waals surface area (Å²) in [4.78, 5) is 0. The molecule has 0 aliphatic carbocycles. The van der Waals surface area contributed by atoms with Gasteiger partial charge in [0.2, 0.25) is 0 Å². The monoisotopic (exact) mass is 220 g/mol. The van der Waals surface area contributed by atoms with Crippen LogP contribution in [0.15, 0.2) is 18.2 Å². The van der Waals surface area contributed by atoms with Crippen LogP contribution in [0.25, 0.3) is 0 Å². The Hall–Kier alpha value is -1.23. The van der Waals surface area contributed by atoms with Crippen molar-refractivity contribution in [1.29, 1.82) is 0 Å². The van der Waals surface area contributed by atoms with E-state index in [9.17, 15) is 18.3 Å². The molecule has 15 heavy (non-hydrogen) atoms. The molecular formula is C10H11F3O2. The van der Waals surface area contributed by atoms with Crippen LogP contribution in [0.1, 0.15) is 17.5 Å². The predicted octanol–water partition coefficient (Wildman–Crippen LogP) is 2.34. The van der Waals surface area contributed by atoms with Crippen LogP contribution in [0.4, 0.5) is 13.2 Å². The quantitative estimate of drug-likeness (QED) is 0.820. The molecule has 2 N–H and O–H groups in total. The molecule has 84 valence electrons. The van der Waals surface area contributed by atoms with Crippen LogP contribution in [-0.2, 0) is 12.6 Å². The molecule has 0 radical (unpaired) electrons. The SMILES string of the molecule is OCCCc1ccc(C(F)(F)F)cc1O. The highest BCUT2D eigenvalue weighted by molar-refractivity contribution is 5.37. The first-order valence-electron chi connectivity index (χ1n) is 4.45. The molecule has 2 nitrogen and oxygen atoms in total. The standard InChI is InChI=1S/C10H11F3O2/c11-10(12,13)8-4-3-7(2-1-5-14)9(15)6-8/h3-4,6,14-15H,1-2,5H2. The smallest absolute Gasteiger partial charge is 0.416 e. The molecule has 1 aromatic rings. The molecule has 0 fully saturated rings. The highest BCUT2D eigenvalue weighted by atomic mass is 19.4. The number of hydrogen-bond donors (Lipinski definition) is 2. The van der Waals surface area contributed by atoms with Gasteiger partial charge in [-0.15, -0.1) is 0 Å². The van der Waals surface area contributed by atoms with Crippen LogP contribution >= 0.6 is 0 Å². The highest BCUT2D eigenvalue weighted by Crippen LogP contribution is 2.32. The maximum absolute atomic E-state index is 12.2. The molecule has 0 unspecified atom stereocenters. The number of aliphatic hydroxyl groups excluding tert-OH is 1. The van der Waals surface area contributed by atoms with E-state index in [0.29, 0.717) is 24.5 Å². The molecular weight excluding hydrogens is 209 g/mol. The third-order valence-corrected chi connectivity index (χ3v) is 2.02. The van der Waals surface area contributed by atoms with Gasteiger partial charge in [0.1, 0.15) is 5.75 Å². The lowest BCUT2D eigenvalue weighted by atomic mass is 10.1. The number of halogens is 3. The Morgan fingerprint density at radius 2 is 1.87 bits per heavy atom. The summed E-state index contributed by atoms with van der Waals surface area (Å²) < 4.78 is 36.6. The molecule has 0 amide bonds. The van der Waals surface area contributed by atoms with E-state index in [1.54, 1.807) is 0 Å². The number of alkyl halides is 3. The minimum absolute atomic E-state index is 0.0551. The summed E-state index contributed by atoms with van der Waals surface area (Å²) in [6, 6.07) is 2.85. The van der Waals surface area contributed by atoms with Gasteiger partial charge in [0.15, 0.2) is 0 Å². The van der Waals surface area contributed by atoms with Gasteiger partial charge in [-0.1, -0.05) is 6.07 Å². The van der Waals surface area contributed by atoms with E-state index >= 15 is 0 Å². The minimum atomic E-state index is -4.44. The van der Waals surface area contributed by atoms with Crippen molar-refractivity contribution >= 4 is 0 Å². The number of aromatic hydroxyl groups is 1. The Kier molecular flexibility index (Phi) is 3.57. The summed E-state index contributed by atoms with van der Waals surface area (Å²) in [7, 11) is 0. The first-order valence-corrected chi connectivity index (χ1v) is 4.45. The average molecular weight is 220 g/mol. The summed E-state index contributed by atoms with van der Waals surface area (Å²) in [5.41, 5.74) is -0.454. The zero-order valence-corrected chi connectivity index (χ0v) is 7.88. The Labute approximate surface area is 85.0 Å². The van der Waals surface area contributed by atoms with E-state index in [2.05, 4.69) is 0 Å². The lowest BCUT2D eigenvalue weighted by molar-refractivity contribution is -0.137. The van der Waals surface area contributed by atoms with Gasteiger partial charge in [0.05, 0.1) is 5.56 Å². The van der Waals surface area contributed by atoms with Crippen molar-refractivity contribution in [3.8, 4) is 5.75 Å². The van der Waals surface area contributed by atoms with Crippen LogP contribution in [0.3, 0.4) is 0 Å². The topological polar surface area (TPSA) is 40.5 Å². The van der Waals surface area contributed by atoms with Crippen LogP contribution in [0.2, 0.25) is 0 Å². The van der Waals surface area contributed by atoms with E-state index in [0.717, 1.165) is 6.07 Å². The summed E-state index contributed by atoms with van der Waals surface area (Å²) in [5, 5.41) is 17.8. The maximum Gasteiger partial charge on any atom is 0.416 e. The van der Waals surface area contributed by atoms with Crippen LogP contribution in [0, 0.1) is 0 Å². The van der Waals surface area contributed by atoms with Crippen LogP contribution < -0.4 is 0 Å². The van der Waals surface area contributed by atoms with E-state index in [-0.39, 0.29) is 12.4 Å². The summed E-state index contributed by atoms with van der Waals surface area (Å²) >= 11 is 0. The zero-order chi connectivity index (χ0) is 11.5. The molecule has 0 aromatic heterocycles. The number of phenolic OH excluding ortho intramolecular Hbond substituents is 1. The third kappa shape index (κ3) is 3.13. The first kappa shape index (κ1) is 11.8. The van der Waals surface area contributed by atoms with Gasteiger partial charge in [-0.05, 0) is 30.5 Å². The van der Waals surface area contributed by atoms with E-state index in [1.165, 1.54) is 6.07 Å². The zero-order valence-electron chi connectivity index (χ0n) is 7.88. The number of aliphatic hydroxyl groups is 1. The van der Waals surface area contributed by atoms with E-state index < -0.39 is 11.7 Å². The molecule has 0 saturated carbocycles. The van der Waals surface area contributed by atoms with Crippen molar-refractivity contribution in [2.75, 3.05) is 6.61 Å². The molecule has 0 aliphatic rings. The van der Waals surface area contributed by atoms with Gasteiger partial charge in [-0.2, -0.15) is 13.2 Å². The second-order valence-corrected chi connectivity index (χ2v) is 3.17.